The van der Waals surface area contributed by atoms with Crippen LogP contribution in [0.15, 0.2) is 57.1 Å². The maximum atomic E-state index is 13.0. The molecule has 0 unspecified atom stereocenters. The van der Waals surface area contributed by atoms with Crippen molar-refractivity contribution >= 4 is 40.8 Å². The Morgan fingerprint density at radius 2 is 1.83 bits per heavy atom. The number of hydrogen-bond donors (Lipinski definition) is 1. The SMILES string of the molecule is COc1ccc(/C=C2\Sc3scc(-c4ccc(N([O-])O)cc4)[n+]3C2=O)cc1OC. The first-order valence-electron chi connectivity index (χ1n) is 8.48. The summed E-state index contributed by atoms with van der Waals surface area (Å²) in [4.78, 5) is 13.6. The van der Waals surface area contributed by atoms with Gasteiger partial charge in [-0.25, -0.2) is 4.79 Å². The molecule has 0 spiro atoms. The number of aromatic nitrogens is 1. The van der Waals surface area contributed by atoms with E-state index in [0.29, 0.717) is 16.4 Å². The average Bonchev–Trinajstić information content (AvgIpc) is 3.28. The monoisotopic (exact) mass is 428 g/mol. The number of thiazole rings is 1. The minimum atomic E-state index is -0.195. The highest BCUT2D eigenvalue weighted by atomic mass is 32.2. The summed E-state index contributed by atoms with van der Waals surface area (Å²) in [6, 6.07) is 11.9. The van der Waals surface area contributed by atoms with Crippen molar-refractivity contribution in [2.45, 2.75) is 4.34 Å². The van der Waals surface area contributed by atoms with Gasteiger partial charge in [0, 0.05) is 17.3 Å². The van der Waals surface area contributed by atoms with Crippen LogP contribution in [-0.2, 0) is 0 Å². The second-order valence-electron chi connectivity index (χ2n) is 6.07. The van der Waals surface area contributed by atoms with Gasteiger partial charge >= 0.3 is 10.2 Å². The summed E-state index contributed by atoms with van der Waals surface area (Å²) < 4.78 is 13.1. The topological polar surface area (TPSA) is 85.9 Å². The number of carbonyl (C=O) groups excluding carboxylic acids is 1. The minimum absolute atomic E-state index is 0.118. The van der Waals surface area contributed by atoms with E-state index in [1.54, 1.807) is 37.0 Å². The van der Waals surface area contributed by atoms with Gasteiger partial charge in [-0.05, 0) is 48.0 Å². The molecule has 4 rings (SSSR count). The second kappa shape index (κ2) is 7.88. The highest BCUT2D eigenvalue weighted by Crippen LogP contribution is 2.39. The summed E-state index contributed by atoms with van der Waals surface area (Å²) in [6.07, 6.45) is 1.82. The normalized spacial score (nSPS) is 14.2. The molecule has 2 aromatic carbocycles. The lowest BCUT2D eigenvalue weighted by molar-refractivity contribution is -0.588. The molecule has 29 heavy (non-hydrogen) atoms. The van der Waals surface area contributed by atoms with Crippen LogP contribution >= 0.6 is 23.1 Å². The molecule has 1 aliphatic rings. The number of carbonyl (C=O) groups is 1. The van der Waals surface area contributed by atoms with E-state index in [9.17, 15) is 10.0 Å². The van der Waals surface area contributed by atoms with Crippen molar-refractivity contribution in [1.82, 2.24) is 0 Å². The molecular formula is C20H16N2O5S2. The van der Waals surface area contributed by atoms with Crippen LogP contribution in [0.3, 0.4) is 0 Å². The van der Waals surface area contributed by atoms with E-state index in [2.05, 4.69) is 0 Å². The zero-order chi connectivity index (χ0) is 20.5. The number of anilines is 1. The number of methoxy groups -OCH3 is 2. The van der Waals surface area contributed by atoms with Crippen molar-refractivity contribution < 1.29 is 24.0 Å². The van der Waals surface area contributed by atoms with Gasteiger partial charge in [-0.3, -0.25) is 5.21 Å². The van der Waals surface area contributed by atoms with Crippen LogP contribution in [-0.4, -0.2) is 25.3 Å². The summed E-state index contributed by atoms with van der Waals surface area (Å²) in [5, 5.41) is 21.7. The van der Waals surface area contributed by atoms with Crippen molar-refractivity contribution in [2.24, 2.45) is 0 Å². The molecule has 2 heterocycles. The molecule has 1 aromatic heterocycles. The Bertz CT molecular complexity index is 1110. The van der Waals surface area contributed by atoms with E-state index in [-0.39, 0.29) is 16.8 Å². The van der Waals surface area contributed by atoms with E-state index in [1.165, 1.54) is 35.2 Å². The Morgan fingerprint density at radius 1 is 1.10 bits per heavy atom. The number of fused-ring (bicyclic) bond motifs is 1. The minimum Gasteiger partial charge on any atom is -0.733 e. The van der Waals surface area contributed by atoms with Gasteiger partial charge in [-0.1, -0.05) is 17.4 Å². The third-order valence-electron chi connectivity index (χ3n) is 4.40. The number of benzene rings is 2. The fourth-order valence-electron chi connectivity index (χ4n) is 2.96. The van der Waals surface area contributed by atoms with Crippen molar-refractivity contribution in [3.63, 3.8) is 0 Å². The summed E-state index contributed by atoms with van der Waals surface area (Å²) in [6.45, 7) is 0. The third-order valence-corrected chi connectivity index (χ3v) is 6.53. The number of thioether (sulfide) groups is 1. The van der Waals surface area contributed by atoms with Crippen molar-refractivity contribution in [3.05, 3.63) is 63.5 Å². The molecule has 148 valence electrons. The zero-order valence-corrected chi connectivity index (χ0v) is 17.1. The van der Waals surface area contributed by atoms with Gasteiger partial charge in [0.25, 0.3) is 0 Å². The van der Waals surface area contributed by atoms with Gasteiger partial charge in [-0.2, -0.15) is 0 Å². The third kappa shape index (κ3) is 3.60. The molecule has 7 nitrogen and oxygen atoms in total. The molecule has 0 saturated heterocycles. The summed E-state index contributed by atoms with van der Waals surface area (Å²) in [7, 11) is 3.14. The number of rotatable bonds is 5. The molecule has 1 aliphatic heterocycles. The fraction of sp³-hybridized carbons (Fsp3) is 0.100. The van der Waals surface area contributed by atoms with E-state index < -0.39 is 0 Å². The highest BCUT2D eigenvalue weighted by molar-refractivity contribution is 8.05. The lowest BCUT2D eigenvalue weighted by Gasteiger charge is -2.21. The van der Waals surface area contributed by atoms with Crippen LogP contribution in [0.1, 0.15) is 10.4 Å². The average molecular weight is 428 g/mol. The Morgan fingerprint density at radius 3 is 2.48 bits per heavy atom. The maximum absolute atomic E-state index is 13.0. The summed E-state index contributed by atoms with van der Waals surface area (Å²) >= 11 is 2.88. The van der Waals surface area contributed by atoms with Crippen molar-refractivity contribution in [3.8, 4) is 22.8 Å². The van der Waals surface area contributed by atoms with E-state index in [0.717, 1.165) is 21.2 Å². The lowest BCUT2D eigenvalue weighted by atomic mass is 10.1. The fourth-order valence-corrected chi connectivity index (χ4v) is 5.14. The molecule has 0 atom stereocenters. The Labute approximate surface area is 175 Å². The number of allylic oxidation sites excluding steroid dienone is 1. The van der Waals surface area contributed by atoms with Gasteiger partial charge in [0.05, 0.1) is 25.3 Å². The molecule has 0 aliphatic carbocycles. The number of nitrogens with zero attached hydrogens (tertiary/aromatic N) is 2. The van der Waals surface area contributed by atoms with Gasteiger partial charge in [0.15, 0.2) is 11.5 Å². The molecule has 0 fully saturated rings. The lowest BCUT2D eigenvalue weighted by Crippen LogP contribution is -2.40. The van der Waals surface area contributed by atoms with Gasteiger partial charge in [0.2, 0.25) is 5.69 Å². The Balaban J connectivity index is 1.65. The van der Waals surface area contributed by atoms with Crippen LogP contribution in [0.2, 0.25) is 0 Å². The van der Waals surface area contributed by atoms with E-state index in [4.69, 9.17) is 14.7 Å². The summed E-state index contributed by atoms with van der Waals surface area (Å²) in [5.74, 6) is 1.10. The summed E-state index contributed by atoms with van der Waals surface area (Å²) in [5.41, 5.74) is 2.47. The molecule has 9 heteroatoms. The Hall–Kier alpha value is -2.85. The largest absolute Gasteiger partial charge is 0.733 e. The van der Waals surface area contributed by atoms with Gasteiger partial charge in [0.1, 0.15) is 4.91 Å². The van der Waals surface area contributed by atoms with Crippen molar-refractivity contribution in [2.75, 3.05) is 19.4 Å². The van der Waals surface area contributed by atoms with Crippen LogP contribution < -0.4 is 19.3 Å². The maximum Gasteiger partial charge on any atom is 0.433 e. The highest BCUT2D eigenvalue weighted by Gasteiger charge is 2.40. The van der Waals surface area contributed by atoms with E-state index >= 15 is 0 Å². The predicted molar refractivity (Wildman–Crippen MR) is 112 cm³/mol. The first-order valence-corrected chi connectivity index (χ1v) is 10.2. The number of ether oxygens (including phenoxy) is 2. The van der Waals surface area contributed by atoms with Gasteiger partial charge < -0.3 is 19.9 Å². The molecular weight excluding hydrogens is 412 g/mol. The quantitative estimate of drug-likeness (QED) is 0.370. The van der Waals surface area contributed by atoms with E-state index in [1.807, 2.05) is 23.6 Å². The standard InChI is InChI=1S/C20H16N2O5S2/c1-26-16-8-3-12(9-17(16)27-2)10-18-19(23)21-15(11-28-20(21)29-18)13-4-6-14(7-5-13)22(24)25/h3-11,24H,1-2H3/b18-10-. The zero-order valence-electron chi connectivity index (χ0n) is 15.5. The van der Waals surface area contributed by atoms with Crippen LogP contribution in [0.5, 0.6) is 11.5 Å². The molecule has 1 N–H and O–H groups in total. The molecule has 3 aromatic rings. The smallest absolute Gasteiger partial charge is 0.433 e. The predicted octanol–water partition coefficient (Wildman–Crippen LogP) is 4.20. The first kappa shape index (κ1) is 19.5. The van der Waals surface area contributed by atoms with Crippen LogP contribution in [0.25, 0.3) is 17.3 Å². The molecule has 0 bridgehead atoms. The first-order chi connectivity index (χ1) is 14.0. The van der Waals surface area contributed by atoms with Crippen LogP contribution in [0, 0.1) is 5.21 Å². The van der Waals surface area contributed by atoms with Crippen molar-refractivity contribution in [1.29, 1.82) is 0 Å². The molecule has 0 radical (unpaired) electrons. The molecule has 0 amide bonds. The number of hydrogen-bond acceptors (Lipinski definition) is 8. The second-order valence-corrected chi connectivity index (χ2v) is 8.22. The van der Waals surface area contributed by atoms with Gasteiger partial charge in [-0.15, -0.1) is 4.57 Å². The molecule has 0 saturated carbocycles. The Kier molecular flexibility index (Phi) is 5.29. The van der Waals surface area contributed by atoms with Crippen LogP contribution in [0.4, 0.5) is 5.69 Å².